The van der Waals surface area contributed by atoms with Gasteiger partial charge in [-0.15, -0.1) is 0 Å². The maximum absolute atomic E-state index is 12.0. The number of hydrogen-bond donors (Lipinski definition) is 0. The van der Waals surface area contributed by atoms with E-state index in [4.69, 9.17) is 0 Å². The van der Waals surface area contributed by atoms with Gasteiger partial charge in [0.05, 0.1) is 11.5 Å². The Morgan fingerprint density at radius 3 is 2.31 bits per heavy atom. The van der Waals surface area contributed by atoms with Crippen LogP contribution in [-0.4, -0.2) is 67.7 Å². The van der Waals surface area contributed by atoms with Crippen LogP contribution in [0.1, 0.15) is 46.0 Å². The number of carbonyl (C=O) groups excluding carboxylic acids is 1. The smallest absolute Gasteiger partial charge is 0.160 e. The van der Waals surface area contributed by atoms with Gasteiger partial charge in [-0.25, -0.2) is 8.42 Å². The van der Waals surface area contributed by atoms with Crippen LogP contribution in [0.4, 0.5) is 0 Å². The zero-order chi connectivity index (χ0) is 19.1. The summed E-state index contributed by atoms with van der Waals surface area (Å²) in [5, 5.41) is 0. The van der Waals surface area contributed by atoms with Crippen molar-refractivity contribution < 1.29 is 13.2 Å². The van der Waals surface area contributed by atoms with Gasteiger partial charge in [0.25, 0.3) is 0 Å². The van der Waals surface area contributed by atoms with E-state index in [1.54, 1.807) is 6.92 Å². The van der Waals surface area contributed by atoms with E-state index in [2.05, 4.69) is 29.7 Å². The number of benzene rings is 1. The van der Waals surface area contributed by atoms with Gasteiger partial charge in [-0.1, -0.05) is 6.07 Å². The zero-order valence-electron chi connectivity index (χ0n) is 16.3. The maximum Gasteiger partial charge on any atom is 0.160 e. The topological polar surface area (TPSA) is 57.7 Å². The molecule has 5 nitrogen and oxygen atoms in total. The minimum atomic E-state index is -2.82. The fraction of sp³-hybridized carbons (Fsp3) is 0.650. The van der Waals surface area contributed by atoms with Crippen molar-refractivity contribution in [1.29, 1.82) is 0 Å². The molecule has 144 valence electrons. The molecule has 0 spiro atoms. The van der Waals surface area contributed by atoms with Crippen molar-refractivity contribution in [2.45, 2.75) is 46.7 Å². The number of rotatable bonds is 4. The predicted molar refractivity (Wildman–Crippen MR) is 105 cm³/mol. The molecular weight excluding hydrogens is 348 g/mol. The van der Waals surface area contributed by atoms with Gasteiger partial charge in [0.1, 0.15) is 0 Å². The first-order chi connectivity index (χ1) is 12.2. The summed E-state index contributed by atoms with van der Waals surface area (Å²) in [5.41, 5.74) is 5.54. The molecule has 1 unspecified atom stereocenters. The molecule has 0 aliphatic carbocycles. The molecule has 1 aromatic carbocycles. The van der Waals surface area contributed by atoms with Gasteiger partial charge in [-0.3, -0.25) is 14.6 Å². The van der Waals surface area contributed by atoms with Crippen molar-refractivity contribution in [3.63, 3.8) is 0 Å². The summed E-state index contributed by atoms with van der Waals surface area (Å²) in [6.45, 7) is 12.4. The molecule has 1 aromatic rings. The van der Waals surface area contributed by atoms with Crippen LogP contribution >= 0.6 is 0 Å². The van der Waals surface area contributed by atoms with Crippen LogP contribution in [0.5, 0.6) is 0 Å². The van der Waals surface area contributed by atoms with Crippen LogP contribution in [-0.2, 0) is 16.4 Å². The molecule has 1 atom stereocenters. The third-order valence-electron chi connectivity index (χ3n) is 6.00. The molecular formula is C20H30N2O3S. The second-order valence-corrected chi connectivity index (χ2v) is 10.1. The number of ketones is 1. The summed E-state index contributed by atoms with van der Waals surface area (Å²) in [6.07, 6.45) is 0.778. The van der Waals surface area contributed by atoms with E-state index in [1.165, 1.54) is 11.1 Å². The number of aryl methyl sites for hydroxylation is 2. The highest BCUT2D eigenvalue weighted by molar-refractivity contribution is 7.91. The summed E-state index contributed by atoms with van der Waals surface area (Å²) in [6, 6.07) is 2.33. The molecule has 2 aliphatic rings. The Hall–Kier alpha value is -1.24. The molecule has 0 aromatic heterocycles. The SMILES string of the molecule is CC(=O)c1c(C)cc(C)c(CN2CCN(C3CCS(=O)(=O)C3)CC2)c1C. The first kappa shape index (κ1) is 19.5. The highest BCUT2D eigenvalue weighted by Gasteiger charge is 2.33. The van der Waals surface area contributed by atoms with Crippen molar-refractivity contribution >= 4 is 15.6 Å². The van der Waals surface area contributed by atoms with Gasteiger partial charge in [0, 0.05) is 44.3 Å². The molecule has 0 N–H and O–H groups in total. The van der Waals surface area contributed by atoms with Crippen molar-refractivity contribution in [2.75, 3.05) is 37.7 Å². The lowest BCUT2D eigenvalue weighted by Gasteiger charge is -2.38. The molecule has 26 heavy (non-hydrogen) atoms. The monoisotopic (exact) mass is 378 g/mol. The number of sulfone groups is 1. The van der Waals surface area contributed by atoms with Crippen molar-refractivity contribution in [1.82, 2.24) is 9.80 Å². The quantitative estimate of drug-likeness (QED) is 0.751. The lowest BCUT2D eigenvalue weighted by atomic mass is 9.91. The Morgan fingerprint density at radius 1 is 1.12 bits per heavy atom. The van der Waals surface area contributed by atoms with Crippen LogP contribution in [0, 0.1) is 20.8 Å². The average molecular weight is 379 g/mol. The molecule has 2 saturated heterocycles. The number of piperazine rings is 1. The highest BCUT2D eigenvalue weighted by atomic mass is 32.2. The van der Waals surface area contributed by atoms with E-state index in [1.807, 2.05) is 6.92 Å². The normalized spacial score (nSPS) is 24.1. The highest BCUT2D eigenvalue weighted by Crippen LogP contribution is 2.25. The third-order valence-corrected chi connectivity index (χ3v) is 7.75. The Bertz CT molecular complexity index is 809. The number of nitrogens with zero attached hydrogens (tertiary/aromatic N) is 2. The van der Waals surface area contributed by atoms with Crippen LogP contribution in [0.3, 0.4) is 0 Å². The standard InChI is InChI=1S/C20H30N2O3S/c1-14-11-15(2)20(17(4)23)16(3)19(14)12-21-6-8-22(9-7-21)18-5-10-26(24,25)13-18/h11,18H,5-10,12-13H2,1-4H3. The summed E-state index contributed by atoms with van der Waals surface area (Å²) >= 11 is 0. The Kier molecular flexibility index (Phi) is 5.56. The average Bonchev–Trinajstić information content (AvgIpc) is 2.91. The molecule has 0 amide bonds. The molecule has 2 fully saturated rings. The first-order valence-corrected chi connectivity index (χ1v) is 11.3. The van der Waals surface area contributed by atoms with Gasteiger partial charge in [-0.2, -0.15) is 0 Å². The fourth-order valence-corrected chi connectivity index (χ4v) is 6.35. The Morgan fingerprint density at radius 2 is 1.77 bits per heavy atom. The molecule has 0 saturated carbocycles. The summed E-state index contributed by atoms with van der Waals surface area (Å²) < 4.78 is 23.4. The number of Topliss-reactive ketones (excluding diaryl/α,β-unsaturated/α-hetero) is 1. The molecule has 2 aliphatic heterocycles. The largest absolute Gasteiger partial charge is 0.297 e. The van der Waals surface area contributed by atoms with Gasteiger partial charge in [0.2, 0.25) is 0 Å². The molecule has 0 radical (unpaired) electrons. The molecule has 6 heteroatoms. The van der Waals surface area contributed by atoms with E-state index >= 15 is 0 Å². The zero-order valence-corrected chi connectivity index (χ0v) is 17.2. The van der Waals surface area contributed by atoms with Gasteiger partial charge < -0.3 is 0 Å². The minimum absolute atomic E-state index is 0.133. The Balaban J connectivity index is 1.67. The summed E-state index contributed by atoms with van der Waals surface area (Å²) in [5.74, 6) is 0.798. The second kappa shape index (κ2) is 7.41. The second-order valence-electron chi connectivity index (χ2n) is 7.91. The summed E-state index contributed by atoms with van der Waals surface area (Å²) in [4.78, 5) is 16.8. The van der Waals surface area contributed by atoms with E-state index in [0.717, 1.165) is 55.8 Å². The van der Waals surface area contributed by atoms with Crippen LogP contribution in [0.25, 0.3) is 0 Å². The number of hydrogen-bond acceptors (Lipinski definition) is 5. The first-order valence-electron chi connectivity index (χ1n) is 9.45. The molecule has 2 heterocycles. The minimum Gasteiger partial charge on any atom is -0.297 e. The fourth-order valence-electron chi connectivity index (χ4n) is 4.59. The third kappa shape index (κ3) is 4.02. The van der Waals surface area contributed by atoms with Gasteiger partial charge in [0.15, 0.2) is 15.6 Å². The van der Waals surface area contributed by atoms with Crippen LogP contribution in [0.2, 0.25) is 0 Å². The van der Waals surface area contributed by atoms with E-state index in [0.29, 0.717) is 11.5 Å². The van der Waals surface area contributed by atoms with Gasteiger partial charge in [-0.05, 0) is 56.4 Å². The molecule has 3 rings (SSSR count). The predicted octanol–water partition coefficient (Wildman–Crippen LogP) is 2.12. The van der Waals surface area contributed by atoms with E-state index < -0.39 is 9.84 Å². The van der Waals surface area contributed by atoms with Crippen LogP contribution < -0.4 is 0 Å². The lowest BCUT2D eigenvalue weighted by molar-refractivity contribution is 0.0991. The van der Waals surface area contributed by atoms with E-state index in [-0.39, 0.29) is 11.8 Å². The van der Waals surface area contributed by atoms with Crippen molar-refractivity contribution in [2.24, 2.45) is 0 Å². The summed E-state index contributed by atoms with van der Waals surface area (Å²) in [7, 11) is -2.82. The maximum atomic E-state index is 12.0. The molecule has 0 bridgehead atoms. The Labute approximate surface area is 157 Å². The van der Waals surface area contributed by atoms with E-state index in [9.17, 15) is 13.2 Å². The van der Waals surface area contributed by atoms with Crippen LogP contribution in [0.15, 0.2) is 6.07 Å². The van der Waals surface area contributed by atoms with Gasteiger partial charge >= 0.3 is 0 Å². The number of carbonyl (C=O) groups is 1. The van der Waals surface area contributed by atoms with Crippen molar-refractivity contribution in [3.8, 4) is 0 Å². The van der Waals surface area contributed by atoms with Crippen molar-refractivity contribution in [3.05, 3.63) is 33.9 Å². The lowest BCUT2D eigenvalue weighted by Crippen LogP contribution is -2.50.